The van der Waals surface area contributed by atoms with Crippen LogP contribution < -0.4 is 10.9 Å². The topological polar surface area (TPSA) is 63.5 Å². The lowest BCUT2D eigenvalue weighted by molar-refractivity contribution is 0.0920. The highest BCUT2D eigenvalue weighted by Crippen LogP contribution is 2.29. The quantitative estimate of drug-likeness (QED) is 0.742. The van der Waals surface area contributed by atoms with Crippen molar-refractivity contribution in [1.29, 1.82) is 0 Å². The molecule has 28 heavy (non-hydrogen) atoms. The Kier molecular flexibility index (Phi) is 5.24. The Morgan fingerprint density at radius 2 is 1.96 bits per heavy atom. The second-order valence-electron chi connectivity index (χ2n) is 7.72. The van der Waals surface area contributed by atoms with Gasteiger partial charge in [-0.3, -0.25) is 14.0 Å². The van der Waals surface area contributed by atoms with Gasteiger partial charge in [0.2, 0.25) is 0 Å². The van der Waals surface area contributed by atoms with Gasteiger partial charge in [0.15, 0.2) is 0 Å². The molecule has 0 bridgehead atoms. The summed E-state index contributed by atoms with van der Waals surface area (Å²) in [5.74, 6) is 0.114. The molecule has 1 aliphatic rings. The summed E-state index contributed by atoms with van der Waals surface area (Å²) in [6.07, 6.45) is 8.49. The van der Waals surface area contributed by atoms with E-state index in [0.29, 0.717) is 11.6 Å². The first kappa shape index (κ1) is 18.4. The van der Waals surface area contributed by atoms with Crippen LogP contribution in [-0.4, -0.2) is 21.3 Å². The van der Waals surface area contributed by atoms with Crippen LogP contribution in [0.5, 0.6) is 0 Å². The maximum atomic E-state index is 13.0. The van der Waals surface area contributed by atoms with Crippen LogP contribution in [0.4, 0.5) is 0 Å². The number of nitrogens with one attached hydrogen (secondary N) is 1. The minimum absolute atomic E-state index is 0.0236. The van der Waals surface area contributed by atoms with Crippen LogP contribution in [0.3, 0.4) is 0 Å². The second-order valence-corrected chi connectivity index (χ2v) is 7.72. The Hall–Kier alpha value is -2.95. The molecule has 3 aromatic rings. The molecule has 0 spiro atoms. The molecule has 2 heterocycles. The highest BCUT2D eigenvalue weighted by molar-refractivity contribution is 5.94. The standard InChI is InChI=1S/C23H25N3O2/c1-16-11-12-26-21(13-16)24-15-19(23(26)28)22(27)25-20(18-9-5-6-10-18)14-17-7-3-2-4-8-17/h2-4,7-8,11-13,15,18,20H,5-6,9-10,14H2,1H3,(H,25,27). The van der Waals surface area contributed by atoms with E-state index in [1.54, 1.807) is 6.20 Å². The van der Waals surface area contributed by atoms with E-state index in [0.717, 1.165) is 24.8 Å². The number of hydrogen-bond acceptors (Lipinski definition) is 3. The largest absolute Gasteiger partial charge is 0.348 e. The Morgan fingerprint density at radius 3 is 2.71 bits per heavy atom. The van der Waals surface area contributed by atoms with E-state index in [9.17, 15) is 9.59 Å². The fourth-order valence-electron chi connectivity index (χ4n) is 4.14. The average molecular weight is 375 g/mol. The van der Waals surface area contributed by atoms with Gasteiger partial charge in [0.25, 0.3) is 11.5 Å². The van der Waals surface area contributed by atoms with Gasteiger partial charge in [-0.05, 0) is 55.4 Å². The maximum absolute atomic E-state index is 13.0. The van der Waals surface area contributed by atoms with Gasteiger partial charge in [-0.25, -0.2) is 4.98 Å². The first-order chi connectivity index (χ1) is 13.6. The maximum Gasteiger partial charge on any atom is 0.270 e. The summed E-state index contributed by atoms with van der Waals surface area (Å²) in [7, 11) is 0. The molecule has 1 atom stereocenters. The highest BCUT2D eigenvalue weighted by Gasteiger charge is 2.27. The van der Waals surface area contributed by atoms with Gasteiger partial charge < -0.3 is 5.32 Å². The lowest BCUT2D eigenvalue weighted by atomic mass is 9.92. The number of amides is 1. The molecule has 1 N–H and O–H groups in total. The zero-order valence-corrected chi connectivity index (χ0v) is 16.1. The number of rotatable bonds is 5. The molecule has 5 heteroatoms. The molecule has 1 unspecified atom stereocenters. The van der Waals surface area contributed by atoms with Gasteiger partial charge in [0.05, 0.1) is 0 Å². The van der Waals surface area contributed by atoms with E-state index < -0.39 is 0 Å². The monoisotopic (exact) mass is 375 g/mol. The third-order valence-corrected chi connectivity index (χ3v) is 5.69. The number of fused-ring (bicyclic) bond motifs is 1. The van der Waals surface area contributed by atoms with Gasteiger partial charge in [-0.1, -0.05) is 43.2 Å². The number of aromatic nitrogens is 2. The zero-order chi connectivity index (χ0) is 19.5. The predicted molar refractivity (Wildman–Crippen MR) is 110 cm³/mol. The number of carbonyl (C=O) groups excluding carboxylic acids is 1. The number of pyridine rings is 1. The molecule has 5 nitrogen and oxygen atoms in total. The van der Waals surface area contributed by atoms with Crippen molar-refractivity contribution in [3.05, 3.63) is 81.9 Å². The lowest BCUT2D eigenvalue weighted by Gasteiger charge is -2.25. The molecular weight excluding hydrogens is 350 g/mol. The van der Waals surface area contributed by atoms with Gasteiger partial charge in [0, 0.05) is 18.4 Å². The molecule has 0 aliphatic heterocycles. The molecule has 2 aromatic heterocycles. The molecule has 1 saturated carbocycles. The molecule has 1 fully saturated rings. The van der Waals surface area contributed by atoms with E-state index >= 15 is 0 Å². The lowest BCUT2D eigenvalue weighted by Crippen LogP contribution is -2.43. The molecule has 4 rings (SSSR count). The summed E-state index contributed by atoms with van der Waals surface area (Å²) in [6.45, 7) is 1.95. The normalized spacial score (nSPS) is 15.6. The number of hydrogen-bond donors (Lipinski definition) is 1. The van der Waals surface area contributed by atoms with E-state index in [2.05, 4.69) is 22.4 Å². The number of carbonyl (C=O) groups is 1. The minimum Gasteiger partial charge on any atom is -0.348 e. The number of aryl methyl sites for hydroxylation is 1. The first-order valence-electron chi connectivity index (χ1n) is 9.94. The number of benzene rings is 1. The highest BCUT2D eigenvalue weighted by atomic mass is 16.2. The van der Waals surface area contributed by atoms with Crippen molar-refractivity contribution < 1.29 is 4.79 Å². The van der Waals surface area contributed by atoms with Crippen LogP contribution in [0.2, 0.25) is 0 Å². The second kappa shape index (κ2) is 7.97. The molecule has 144 valence electrons. The van der Waals surface area contributed by atoms with Crippen molar-refractivity contribution >= 4 is 11.6 Å². The SMILES string of the molecule is Cc1ccn2c(=O)c(C(=O)NC(Cc3ccccc3)C3CCCC3)cnc2c1. The Morgan fingerprint density at radius 1 is 1.21 bits per heavy atom. The minimum atomic E-state index is -0.333. The van der Waals surface area contributed by atoms with E-state index in [4.69, 9.17) is 0 Å². The third-order valence-electron chi connectivity index (χ3n) is 5.69. The van der Waals surface area contributed by atoms with Gasteiger partial charge in [-0.15, -0.1) is 0 Å². The Labute approximate surface area is 164 Å². The van der Waals surface area contributed by atoms with Crippen molar-refractivity contribution in [1.82, 2.24) is 14.7 Å². The van der Waals surface area contributed by atoms with Crippen molar-refractivity contribution in [2.75, 3.05) is 0 Å². The van der Waals surface area contributed by atoms with Crippen LogP contribution in [0.1, 0.15) is 47.2 Å². The molecule has 1 amide bonds. The summed E-state index contributed by atoms with van der Waals surface area (Å²) < 4.78 is 1.43. The predicted octanol–water partition coefficient (Wildman–Crippen LogP) is 3.53. The zero-order valence-electron chi connectivity index (χ0n) is 16.1. The molecule has 1 aliphatic carbocycles. The summed E-state index contributed by atoms with van der Waals surface area (Å²) in [5, 5.41) is 3.15. The Bertz CT molecular complexity index is 1040. The first-order valence-corrected chi connectivity index (χ1v) is 9.94. The number of nitrogens with zero attached hydrogens (tertiary/aromatic N) is 2. The van der Waals surface area contributed by atoms with Gasteiger partial charge in [-0.2, -0.15) is 0 Å². The van der Waals surface area contributed by atoms with E-state index in [-0.39, 0.29) is 23.1 Å². The van der Waals surface area contributed by atoms with Crippen LogP contribution >= 0.6 is 0 Å². The molecule has 0 saturated heterocycles. The van der Waals surface area contributed by atoms with E-state index in [1.807, 2.05) is 37.3 Å². The van der Waals surface area contributed by atoms with Crippen molar-refractivity contribution in [2.45, 2.75) is 45.1 Å². The molecule has 0 radical (unpaired) electrons. The Balaban J connectivity index is 1.60. The fourth-order valence-corrected chi connectivity index (χ4v) is 4.14. The van der Waals surface area contributed by atoms with Gasteiger partial charge >= 0.3 is 0 Å². The van der Waals surface area contributed by atoms with Crippen molar-refractivity contribution in [3.8, 4) is 0 Å². The smallest absolute Gasteiger partial charge is 0.270 e. The molecule has 1 aromatic carbocycles. The van der Waals surface area contributed by atoms with Crippen LogP contribution in [-0.2, 0) is 6.42 Å². The van der Waals surface area contributed by atoms with Crippen molar-refractivity contribution in [3.63, 3.8) is 0 Å². The average Bonchev–Trinajstić information content (AvgIpc) is 3.23. The third kappa shape index (κ3) is 3.84. The fraction of sp³-hybridized carbons (Fsp3) is 0.348. The summed E-state index contributed by atoms with van der Waals surface area (Å²) in [4.78, 5) is 30.1. The van der Waals surface area contributed by atoms with E-state index in [1.165, 1.54) is 29.0 Å². The summed E-state index contributed by atoms with van der Waals surface area (Å²) >= 11 is 0. The van der Waals surface area contributed by atoms with Crippen LogP contribution in [0, 0.1) is 12.8 Å². The molecular formula is C23H25N3O2. The summed E-state index contributed by atoms with van der Waals surface area (Å²) in [6, 6.07) is 13.9. The van der Waals surface area contributed by atoms with Crippen LogP contribution in [0.15, 0.2) is 59.7 Å². The van der Waals surface area contributed by atoms with Crippen molar-refractivity contribution in [2.24, 2.45) is 5.92 Å². The summed E-state index contributed by atoms with van der Waals surface area (Å²) in [5.41, 5.74) is 2.54. The van der Waals surface area contributed by atoms with Gasteiger partial charge in [0.1, 0.15) is 11.2 Å². The van der Waals surface area contributed by atoms with Crippen LogP contribution in [0.25, 0.3) is 5.65 Å².